The summed E-state index contributed by atoms with van der Waals surface area (Å²) in [7, 11) is 1.44. The van der Waals surface area contributed by atoms with Crippen LogP contribution in [0.1, 0.15) is 25.0 Å². The van der Waals surface area contributed by atoms with Crippen molar-refractivity contribution in [1.82, 2.24) is 15.5 Å². The highest BCUT2D eigenvalue weighted by Gasteiger charge is 2.28. The molecular formula is C20H33F3N4O2. The van der Waals surface area contributed by atoms with Gasteiger partial charge < -0.3 is 20.1 Å². The summed E-state index contributed by atoms with van der Waals surface area (Å²) in [6.07, 6.45) is -4.20. The standard InChI is InChI=1S/C20H33F3N4O2/c1-5-24-19(25-9-10-27(4)15-20(21,22)23)26-14-17-8-7-16(3)13-18(17)29-12-11-28-6-2/h7-8,13H,5-6,9-12,14-15H2,1-4H3,(H2,24,25,26). The van der Waals surface area contributed by atoms with Crippen LogP contribution in [0.3, 0.4) is 0 Å². The molecule has 1 aromatic carbocycles. The first kappa shape index (κ1) is 25.0. The Morgan fingerprint density at radius 1 is 1.17 bits per heavy atom. The molecule has 0 aromatic heterocycles. The van der Waals surface area contributed by atoms with Gasteiger partial charge in [-0.25, -0.2) is 4.99 Å². The van der Waals surface area contributed by atoms with Gasteiger partial charge in [0.05, 0.1) is 19.7 Å². The van der Waals surface area contributed by atoms with Crippen LogP contribution in [-0.2, 0) is 11.3 Å². The molecule has 0 aliphatic rings. The zero-order valence-corrected chi connectivity index (χ0v) is 17.7. The van der Waals surface area contributed by atoms with E-state index in [4.69, 9.17) is 9.47 Å². The number of benzene rings is 1. The molecule has 6 nitrogen and oxygen atoms in total. The van der Waals surface area contributed by atoms with E-state index in [9.17, 15) is 13.2 Å². The molecule has 2 N–H and O–H groups in total. The zero-order chi connectivity index (χ0) is 21.7. The van der Waals surface area contributed by atoms with Crippen LogP contribution in [-0.4, -0.2) is 70.1 Å². The Bertz CT molecular complexity index is 624. The maximum atomic E-state index is 12.4. The van der Waals surface area contributed by atoms with Gasteiger partial charge in [-0.15, -0.1) is 0 Å². The van der Waals surface area contributed by atoms with Crippen molar-refractivity contribution in [1.29, 1.82) is 0 Å². The average Bonchev–Trinajstić information content (AvgIpc) is 2.63. The van der Waals surface area contributed by atoms with Gasteiger partial charge >= 0.3 is 6.18 Å². The molecule has 166 valence electrons. The van der Waals surface area contributed by atoms with Crippen molar-refractivity contribution in [2.45, 2.75) is 33.5 Å². The smallest absolute Gasteiger partial charge is 0.401 e. The third-order valence-electron chi connectivity index (χ3n) is 3.90. The van der Waals surface area contributed by atoms with Gasteiger partial charge in [0, 0.05) is 31.8 Å². The molecule has 1 rings (SSSR count). The largest absolute Gasteiger partial charge is 0.491 e. The Labute approximate surface area is 171 Å². The lowest BCUT2D eigenvalue weighted by Gasteiger charge is -2.19. The number of guanidine groups is 1. The fourth-order valence-electron chi connectivity index (χ4n) is 2.54. The van der Waals surface area contributed by atoms with Crippen LogP contribution >= 0.6 is 0 Å². The highest BCUT2D eigenvalue weighted by Crippen LogP contribution is 2.21. The van der Waals surface area contributed by atoms with E-state index in [0.717, 1.165) is 16.9 Å². The number of rotatable bonds is 12. The minimum atomic E-state index is -4.20. The summed E-state index contributed by atoms with van der Waals surface area (Å²) in [6, 6.07) is 5.92. The van der Waals surface area contributed by atoms with Gasteiger partial charge in [0.1, 0.15) is 12.4 Å². The second-order valence-corrected chi connectivity index (χ2v) is 6.63. The van der Waals surface area contributed by atoms with Crippen molar-refractivity contribution in [2.24, 2.45) is 4.99 Å². The monoisotopic (exact) mass is 418 g/mol. The Balaban J connectivity index is 2.65. The summed E-state index contributed by atoms with van der Waals surface area (Å²) in [4.78, 5) is 5.76. The number of alkyl halides is 3. The molecule has 0 aliphatic carbocycles. The zero-order valence-electron chi connectivity index (χ0n) is 17.7. The molecular weight excluding hydrogens is 385 g/mol. The fraction of sp³-hybridized carbons (Fsp3) is 0.650. The summed E-state index contributed by atoms with van der Waals surface area (Å²) in [6.45, 7) is 8.17. The van der Waals surface area contributed by atoms with Crippen LogP contribution < -0.4 is 15.4 Å². The molecule has 0 amide bonds. The van der Waals surface area contributed by atoms with Crippen molar-refractivity contribution in [2.75, 3.05) is 53.0 Å². The lowest BCUT2D eigenvalue weighted by Crippen LogP contribution is -2.42. The third-order valence-corrected chi connectivity index (χ3v) is 3.90. The maximum absolute atomic E-state index is 12.4. The summed E-state index contributed by atoms with van der Waals surface area (Å²) in [5, 5.41) is 6.17. The number of halogens is 3. The molecule has 0 saturated heterocycles. The van der Waals surface area contributed by atoms with Gasteiger partial charge in [0.25, 0.3) is 0 Å². The topological polar surface area (TPSA) is 58.1 Å². The number of nitrogens with one attached hydrogen (secondary N) is 2. The van der Waals surface area contributed by atoms with E-state index in [-0.39, 0.29) is 6.54 Å². The molecule has 0 bridgehead atoms. The highest BCUT2D eigenvalue weighted by molar-refractivity contribution is 5.79. The predicted molar refractivity (Wildman–Crippen MR) is 110 cm³/mol. The van der Waals surface area contributed by atoms with Crippen molar-refractivity contribution in [3.63, 3.8) is 0 Å². The minimum absolute atomic E-state index is 0.250. The van der Waals surface area contributed by atoms with Crippen molar-refractivity contribution >= 4 is 5.96 Å². The van der Waals surface area contributed by atoms with Crippen molar-refractivity contribution in [3.8, 4) is 5.75 Å². The number of aryl methyl sites for hydroxylation is 1. The molecule has 0 atom stereocenters. The van der Waals surface area contributed by atoms with E-state index < -0.39 is 12.7 Å². The number of aliphatic imine (C=N–C) groups is 1. The summed E-state index contributed by atoms with van der Waals surface area (Å²) in [5.41, 5.74) is 2.01. The molecule has 0 heterocycles. The van der Waals surface area contributed by atoms with Crippen molar-refractivity contribution in [3.05, 3.63) is 29.3 Å². The quantitative estimate of drug-likeness (QED) is 0.311. The summed E-state index contributed by atoms with van der Waals surface area (Å²) < 4.78 is 48.3. The van der Waals surface area contributed by atoms with Crippen LogP contribution in [0.2, 0.25) is 0 Å². The SMILES string of the molecule is CCNC(=NCc1ccc(C)cc1OCCOCC)NCCN(C)CC(F)(F)F. The third kappa shape index (κ3) is 11.6. The lowest BCUT2D eigenvalue weighted by molar-refractivity contribution is -0.142. The summed E-state index contributed by atoms with van der Waals surface area (Å²) in [5.74, 6) is 1.31. The fourth-order valence-corrected chi connectivity index (χ4v) is 2.54. The maximum Gasteiger partial charge on any atom is 0.401 e. The molecule has 0 aliphatic heterocycles. The number of ether oxygens (including phenoxy) is 2. The second-order valence-electron chi connectivity index (χ2n) is 6.63. The van der Waals surface area contributed by atoms with Crippen LogP contribution in [0.25, 0.3) is 0 Å². The Hall–Kier alpha value is -2.00. The van der Waals surface area contributed by atoms with E-state index in [0.29, 0.717) is 45.4 Å². The summed E-state index contributed by atoms with van der Waals surface area (Å²) >= 11 is 0. The number of hydrogen-bond donors (Lipinski definition) is 2. The molecule has 0 radical (unpaired) electrons. The van der Waals surface area contributed by atoms with Gasteiger partial charge in [0.2, 0.25) is 0 Å². The molecule has 0 spiro atoms. The first-order valence-electron chi connectivity index (χ1n) is 9.82. The number of hydrogen-bond acceptors (Lipinski definition) is 4. The number of nitrogens with zero attached hydrogens (tertiary/aromatic N) is 2. The van der Waals surface area contributed by atoms with E-state index in [2.05, 4.69) is 15.6 Å². The van der Waals surface area contributed by atoms with Crippen LogP contribution in [0.15, 0.2) is 23.2 Å². The van der Waals surface area contributed by atoms with Gasteiger partial charge in [-0.3, -0.25) is 4.90 Å². The Morgan fingerprint density at radius 2 is 1.93 bits per heavy atom. The predicted octanol–water partition coefficient (Wildman–Crippen LogP) is 2.96. The molecule has 29 heavy (non-hydrogen) atoms. The van der Waals surface area contributed by atoms with Crippen LogP contribution in [0.4, 0.5) is 13.2 Å². The van der Waals surface area contributed by atoms with E-state index >= 15 is 0 Å². The Kier molecular flexibility index (Phi) is 11.5. The molecule has 1 aromatic rings. The highest BCUT2D eigenvalue weighted by atomic mass is 19.4. The van der Waals surface area contributed by atoms with E-state index in [1.165, 1.54) is 11.9 Å². The molecule has 0 fully saturated rings. The second kappa shape index (κ2) is 13.3. The normalized spacial score (nSPS) is 12.3. The van der Waals surface area contributed by atoms with E-state index in [1.54, 1.807) is 0 Å². The van der Waals surface area contributed by atoms with Crippen molar-refractivity contribution < 1.29 is 22.6 Å². The van der Waals surface area contributed by atoms with Gasteiger partial charge in [-0.1, -0.05) is 12.1 Å². The van der Waals surface area contributed by atoms with Gasteiger partial charge in [0.15, 0.2) is 5.96 Å². The van der Waals surface area contributed by atoms with Gasteiger partial charge in [-0.05, 0) is 39.4 Å². The minimum Gasteiger partial charge on any atom is -0.491 e. The first-order valence-corrected chi connectivity index (χ1v) is 9.82. The van der Waals surface area contributed by atoms with Crippen LogP contribution in [0, 0.1) is 6.92 Å². The van der Waals surface area contributed by atoms with Crippen LogP contribution in [0.5, 0.6) is 5.75 Å². The number of likely N-dealkylation sites (N-methyl/N-ethyl adjacent to an activating group) is 1. The molecule has 9 heteroatoms. The molecule has 0 saturated carbocycles. The Morgan fingerprint density at radius 3 is 2.59 bits per heavy atom. The van der Waals surface area contributed by atoms with Gasteiger partial charge in [-0.2, -0.15) is 13.2 Å². The molecule has 0 unspecified atom stereocenters. The lowest BCUT2D eigenvalue weighted by atomic mass is 10.1. The average molecular weight is 419 g/mol. The van der Waals surface area contributed by atoms with E-state index in [1.807, 2.05) is 39.0 Å². The first-order chi connectivity index (χ1) is 13.7.